The van der Waals surface area contributed by atoms with Gasteiger partial charge in [-0.3, -0.25) is 0 Å². The zero-order valence-electron chi connectivity index (χ0n) is 9.68. The SMILES string of the molecule is CCCNCc1cnc(COCCC)[nH]1. The molecule has 0 saturated heterocycles. The van der Waals surface area contributed by atoms with Crippen LogP contribution in [0.4, 0.5) is 0 Å². The van der Waals surface area contributed by atoms with Gasteiger partial charge in [0.1, 0.15) is 12.4 Å². The van der Waals surface area contributed by atoms with Gasteiger partial charge in [0.25, 0.3) is 0 Å². The summed E-state index contributed by atoms with van der Waals surface area (Å²) in [6.07, 6.45) is 4.07. The molecule has 0 spiro atoms. The van der Waals surface area contributed by atoms with Crippen LogP contribution in [-0.4, -0.2) is 23.1 Å². The van der Waals surface area contributed by atoms with E-state index >= 15 is 0 Å². The Hall–Kier alpha value is -0.870. The van der Waals surface area contributed by atoms with Crippen molar-refractivity contribution >= 4 is 0 Å². The molecule has 4 heteroatoms. The highest BCUT2D eigenvalue weighted by molar-refractivity contribution is 5.00. The van der Waals surface area contributed by atoms with Crippen molar-refractivity contribution < 1.29 is 4.74 Å². The lowest BCUT2D eigenvalue weighted by Gasteiger charge is -2.00. The van der Waals surface area contributed by atoms with Crippen molar-refractivity contribution in [2.75, 3.05) is 13.2 Å². The van der Waals surface area contributed by atoms with Gasteiger partial charge in [-0.05, 0) is 19.4 Å². The molecule has 0 aliphatic heterocycles. The van der Waals surface area contributed by atoms with Gasteiger partial charge in [0.15, 0.2) is 0 Å². The lowest BCUT2D eigenvalue weighted by Crippen LogP contribution is -2.13. The highest BCUT2D eigenvalue weighted by Crippen LogP contribution is 1.99. The van der Waals surface area contributed by atoms with Crippen molar-refractivity contribution in [3.8, 4) is 0 Å². The molecule has 0 aliphatic rings. The van der Waals surface area contributed by atoms with Crippen molar-refractivity contribution in [1.82, 2.24) is 15.3 Å². The maximum Gasteiger partial charge on any atom is 0.132 e. The van der Waals surface area contributed by atoms with E-state index in [0.29, 0.717) is 6.61 Å². The fourth-order valence-electron chi connectivity index (χ4n) is 1.28. The Morgan fingerprint density at radius 1 is 1.40 bits per heavy atom. The molecule has 0 atom stereocenters. The van der Waals surface area contributed by atoms with E-state index in [9.17, 15) is 0 Å². The summed E-state index contributed by atoms with van der Waals surface area (Å²) >= 11 is 0. The summed E-state index contributed by atoms with van der Waals surface area (Å²) in [5.74, 6) is 0.914. The van der Waals surface area contributed by atoms with Crippen LogP contribution in [0.3, 0.4) is 0 Å². The van der Waals surface area contributed by atoms with Gasteiger partial charge in [-0.1, -0.05) is 13.8 Å². The van der Waals surface area contributed by atoms with Crippen LogP contribution >= 0.6 is 0 Å². The second-order valence-electron chi connectivity index (χ2n) is 3.58. The van der Waals surface area contributed by atoms with E-state index in [1.165, 1.54) is 0 Å². The Bertz CT molecular complexity index is 236. The average Bonchev–Trinajstić information content (AvgIpc) is 2.67. The Labute approximate surface area is 91.4 Å². The minimum absolute atomic E-state index is 0.585. The summed E-state index contributed by atoms with van der Waals surface area (Å²) in [5.41, 5.74) is 1.12. The molecule has 0 aromatic carbocycles. The maximum atomic E-state index is 5.39. The number of ether oxygens (including phenoxy) is 1. The minimum Gasteiger partial charge on any atom is -0.374 e. The second-order valence-corrected chi connectivity index (χ2v) is 3.58. The maximum absolute atomic E-state index is 5.39. The number of aromatic nitrogens is 2. The zero-order chi connectivity index (χ0) is 10.9. The van der Waals surface area contributed by atoms with Crippen LogP contribution in [0.2, 0.25) is 0 Å². The van der Waals surface area contributed by atoms with Gasteiger partial charge in [0, 0.05) is 25.0 Å². The molecule has 1 aromatic rings. The standard InChI is InChI=1S/C11H21N3O/c1-3-5-12-7-10-8-13-11(14-10)9-15-6-4-2/h8,12H,3-7,9H2,1-2H3,(H,13,14). The first-order valence-electron chi connectivity index (χ1n) is 5.68. The monoisotopic (exact) mass is 211 g/mol. The number of rotatable bonds is 8. The van der Waals surface area contributed by atoms with Crippen molar-refractivity contribution in [2.45, 2.75) is 39.8 Å². The first kappa shape index (κ1) is 12.2. The van der Waals surface area contributed by atoms with E-state index in [1.54, 1.807) is 0 Å². The topological polar surface area (TPSA) is 49.9 Å². The van der Waals surface area contributed by atoms with Gasteiger partial charge in [-0.25, -0.2) is 4.98 Å². The number of nitrogens with zero attached hydrogens (tertiary/aromatic N) is 1. The number of nitrogens with one attached hydrogen (secondary N) is 2. The molecule has 0 aliphatic carbocycles. The van der Waals surface area contributed by atoms with Crippen molar-refractivity contribution in [1.29, 1.82) is 0 Å². The van der Waals surface area contributed by atoms with Crippen LogP contribution in [0.25, 0.3) is 0 Å². The summed E-state index contributed by atoms with van der Waals surface area (Å²) in [7, 11) is 0. The van der Waals surface area contributed by atoms with Crippen LogP contribution in [0.15, 0.2) is 6.20 Å². The van der Waals surface area contributed by atoms with Crippen LogP contribution in [0.1, 0.15) is 38.2 Å². The fraction of sp³-hybridized carbons (Fsp3) is 0.727. The smallest absolute Gasteiger partial charge is 0.132 e. The summed E-state index contributed by atoms with van der Waals surface area (Å²) in [4.78, 5) is 7.48. The summed E-state index contributed by atoms with van der Waals surface area (Å²) < 4.78 is 5.39. The van der Waals surface area contributed by atoms with E-state index in [2.05, 4.69) is 29.1 Å². The minimum atomic E-state index is 0.585. The molecule has 0 amide bonds. The predicted octanol–water partition coefficient (Wildman–Crippen LogP) is 1.84. The van der Waals surface area contributed by atoms with Crippen LogP contribution in [0.5, 0.6) is 0 Å². The van der Waals surface area contributed by atoms with E-state index in [-0.39, 0.29) is 0 Å². The Morgan fingerprint density at radius 2 is 2.27 bits per heavy atom. The predicted molar refractivity (Wildman–Crippen MR) is 60.5 cm³/mol. The van der Waals surface area contributed by atoms with Crippen molar-refractivity contribution in [2.24, 2.45) is 0 Å². The highest BCUT2D eigenvalue weighted by atomic mass is 16.5. The normalized spacial score (nSPS) is 10.8. The van der Waals surface area contributed by atoms with E-state index in [4.69, 9.17) is 4.74 Å². The molecule has 1 rings (SSSR count). The number of hydrogen-bond donors (Lipinski definition) is 2. The van der Waals surface area contributed by atoms with Crippen LogP contribution in [0, 0.1) is 0 Å². The number of aromatic amines is 1. The molecule has 0 saturated carbocycles. The van der Waals surface area contributed by atoms with Gasteiger partial charge in [0.05, 0.1) is 0 Å². The van der Waals surface area contributed by atoms with E-state index < -0.39 is 0 Å². The molecule has 15 heavy (non-hydrogen) atoms. The molecular weight excluding hydrogens is 190 g/mol. The Balaban J connectivity index is 2.23. The van der Waals surface area contributed by atoms with Gasteiger partial charge in [0.2, 0.25) is 0 Å². The van der Waals surface area contributed by atoms with Gasteiger partial charge in [-0.2, -0.15) is 0 Å². The zero-order valence-corrected chi connectivity index (χ0v) is 9.68. The van der Waals surface area contributed by atoms with E-state index in [0.717, 1.165) is 44.1 Å². The lowest BCUT2D eigenvalue weighted by molar-refractivity contribution is 0.116. The largest absolute Gasteiger partial charge is 0.374 e. The van der Waals surface area contributed by atoms with Crippen LogP contribution in [-0.2, 0) is 17.9 Å². The van der Waals surface area contributed by atoms with Gasteiger partial charge < -0.3 is 15.0 Å². The molecule has 86 valence electrons. The molecule has 4 nitrogen and oxygen atoms in total. The van der Waals surface area contributed by atoms with E-state index in [1.807, 2.05) is 6.20 Å². The second kappa shape index (κ2) is 7.43. The third-order valence-corrected chi connectivity index (χ3v) is 2.01. The third kappa shape index (κ3) is 4.95. The molecule has 0 bridgehead atoms. The Kier molecular flexibility index (Phi) is 6.04. The molecule has 1 aromatic heterocycles. The molecule has 0 radical (unpaired) electrons. The first-order chi connectivity index (χ1) is 7.36. The third-order valence-electron chi connectivity index (χ3n) is 2.01. The number of H-pyrrole nitrogens is 1. The summed E-state index contributed by atoms with van der Waals surface area (Å²) in [5, 5.41) is 3.32. The molecule has 2 N–H and O–H groups in total. The number of imidazole rings is 1. The quantitative estimate of drug-likeness (QED) is 0.645. The summed E-state index contributed by atoms with van der Waals surface area (Å²) in [6, 6.07) is 0. The Morgan fingerprint density at radius 3 is 3.00 bits per heavy atom. The van der Waals surface area contributed by atoms with Crippen molar-refractivity contribution in [3.63, 3.8) is 0 Å². The molecule has 0 fully saturated rings. The molecule has 1 heterocycles. The highest BCUT2D eigenvalue weighted by Gasteiger charge is 1.99. The first-order valence-corrected chi connectivity index (χ1v) is 5.68. The molecular formula is C11H21N3O. The molecule has 0 unspecified atom stereocenters. The van der Waals surface area contributed by atoms with Crippen LogP contribution < -0.4 is 5.32 Å². The van der Waals surface area contributed by atoms with Gasteiger partial charge in [-0.15, -0.1) is 0 Å². The lowest BCUT2D eigenvalue weighted by atomic mass is 10.4. The fourth-order valence-corrected chi connectivity index (χ4v) is 1.28. The van der Waals surface area contributed by atoms with Crippen molar-refractivity contribution in [3.05, 3.63) is 17.7 Å². The average molecular weight is 211 g/mol. The van der Waals surface area contributed by atoms with Gasteiger partial charge >= 0.3 is 0 Å². The number of hydrogen-bond acceptors (Lipinski definition) is 3. The summed E-state index contributed by atoms with van der Waals surface area (Å²) in [6.45, 7) is 7.53.